The topological polar surface area (TPSA) is 43.8 Å². The summed E-state index contributed by atoms with van der Waals surface area (Å²) < 4.78 is 0. The molecule has 2 fully saturated rings. The Morgan fingerprint density at radius 3 is 2.38 bits per heavy atom. The lowest BCUT2D eigenvalue weighted by atomic mass is 10.1. The van der Waals surface area contributed by atoms with E-state index >= 15 is 0 Å². The van der Waals surface area contributed by atoms with Gasteiger partial charge in [0.15, 0.2) is 0 Å². The highest BCUT2D eigenvalue weighted by Gasteiger charge is 2.28. The van der Waals surface area contributed by atoms with Gasteiger partial charge in [-0.3, -0.25) is 0 Å². The Morgan fingerprint density at radius 2 is 1.85 bits per heavy atom. The summed E-state index contributed by atoms with van der Waals surface area (Å²) in [7, 11) is 0. The fourth-order valence-electron chi connectivity index (χ4n) is 1.84. The van der Waals surface area contributed by atoms with Crippen LogP contribution in [0.15, 0.2) is 0 Å². The lowest BCUT2D eigenvalue weighted by Gasteiger charge is -2.38. The summed E-state index contributed by atoms with van der Waals surface area (Å²) in [5, 5.41) is 9.39. The molecular weight excluding hydrogens is 168 g/mol. The third-order valence-electron chi connectivity index (χ3n) is 2.79. The quantitative estimate of drug-likeness (QED) is 0.587. The van der Waals surface area contributed by atoms with Gasteiger partial charge in [-0.05, 0) is 19.3 Å². The maximum absolute atomic E-state index is 11.7. The number of carbonyl (C=O) groups excluding carboxylic acids is 1. The number of aliphatic hydroxyl groups is 1. The maximum atomic E-state index is 11.7. The predicted molar refractivity (Wildman–Crippen MR) is 48.4 cm³/mol. The Bertz CT molecular complexity index is 204. The predicted octanol–water partition coefficient (Wildman–Crippen LogP) is 0.269. The zero-order valence-electron chi connectivity index (χ0n) is 7.78. The van der Waals surface area contributed by atoms with Gasteiger partial charge in [0.25, 0.3) is 0 Å². The van der Waals surface area contributed by atoms with Crippen LogP contribution in [0.1, 0.15) is 19.3 Å². The van der Waals surface area contributed by atoms with Gasteiger partial charge in [0.2, 0.25) is 0 Å². The molecule has 1 atom stereocenters. The third kappa shape index (κ3) is 1.77. The summed E-state index contributed by atoms with van der Waals surface area (Å²) in [6, 6.07) is 0.116. The number of hydrogen-bond donors (Lipinski definition) is 1. The summed E-state index contributed by atoms with van der Waals surface area (Å²) in [6.45, 7) is 3.12. The summed E-state index contributed by atoms with van der Waals surface area (Å²) in [5.74, 6) is 0. The molecule has 2 heterocycles. The fourth-order valence-corrected chi connectivity index (χ4v) is 1.84. The number of hydrogen-bond acceptors (Lipinski definition) is 2. The molecule has 0 bridgehead atoms. The van der Waals surface area contributed by atoms with Gasteiger partial charge >= 0.3 is 6.03 Å². The van der Waals surface area contributed by atoms with Crippen molar-refractivity contribution in [1.82, 2.24) is 9.80 Å². The van der Waals surface area contributed by atoms with Crippen LogP contribution in [-0.4, -0.2) is 53.2 Å². The van der Waals surface area contributed by atoms with Crippen LogP contribution >= 0.6 is 0 Å². The van der Waals surface area contributed by atoms with E-state index < -0.39 is 0 Å². The number of β-amino-alcohol motifs (C(OH)–C–C–N with tert-alkyl or cyclic N) is 1. The van der Waals surface area contributed by atoms with Gasteiger partial charge in [0.1, 0.15) is 0 Å². The van der Waals surface area contributed by atoms with E-state index in [1.54, 1.807) is 4.90 Å². The Kier molecular flexibility index (Phi) is 2.40. The van der Waals surface area contributed by atoms with Crippen molar-refractivity contribution in [1.29, 1.82) is 0 Å². The van der Waals surface area contributed by atoms with Crippen LogP contribution in [0.5, 0.6) is 0 Å². The van der Waals surface area contributed by atoms with Gasteiger partial charge in [0.05, 0.1) is 6.10 Å². The number of amides is 2. The van der Waals surface area contributed by atoms with Crippen molar-refractivity contribution in [3.05, 3.63) is 0 Å². The Hall–Kier alpha value is -0.770. The summed E-state index contributed by atoms with van der Waals surface area (Å²) in [5.41, 5.74) is 0. The van der Waals surface area contributed by atoms with Crippen molar-refractivity contribution >= 4 is 6.03 Å². The molecule has 1 N–H and O–H groups in total. The second-order valence-corrected chi connectivity index (χ2v) is 3.87. The smallest absolute Gasteiger partial charge is 0.320 e. The van der Waals surface area contributed by atoms with Crippen LogP contribution < -0.4 is 0 Å². The second-order valence-electron chi connectivity index (χ2n) is 3.87. The molecule has 2 saturated heterocycles. The van der Waals surface area contributed by atoms with E-state index in [1.165, 1.54) is 0 Å². The number of rotatable bonds is 0. The molecule has 2 aliphatic rings. The van der Waals surface area contributed by atoms with Gasteiger partial charge in [-0.1, -0.05) is 0 Å². The average Bonchev–Trinajstić information content (AvgIpc) is 2.01. The molecule has 74 valence electrons. The molecule has 0 aromatic rings. The zero-order valence-corrected chi connectivity index (χ0v) is 7.78. The average molecular weight is 184 g/mol. The van der Waals surface area contributed by atoms with Crippen LogP contribution in [0.2, 0.25) is 0 Å². The van der Waals surface area contributed by atoms with Gasteiger partial charge < -0.3 is 14.9 Å². The minimum Gasteiger partial charge on any atom is -0.391 e. The van der Waals surface area contributed by atoms with Crippen molar-refractivity contribution in [2.24, 2.45) is 0 Å². The Balaban J connectivity index is 1.87. The minimum absolute atomic E-state index is 0.116. The molecule has 2 amide bonds. The molecule has 1 unspecified atom stereocenters. The third-order valence-corrected chi connectivity index (χ3v) is 2.79. The molecule has 13 heavy (non-hydrogen) atoms. The van der Waals surface area contributed by atoms with Crippen LogP contribution in [0.4, 0.5) is 4.79 Å². The van der Waals surface area contributed by atoms with Gasteiger partial charge in [-0.15, -0.1) is 0 Å². The molecule has 0 aromatic carbocycles. The molecule has 2 aliphatic heterocycles. The molecule has 0 radical (unpaired) electrons. The van der Waals surface area contributed by atoms with Crippen LogP contribution in [-0.2, 0) is 0 Å². The maximum Gasteiger partial charge on any atom is 0.320 e. The van der Waals surface area contributed by atoms with Crippen molar-refractivity contribution in [3.8, 4) is 0 Å². The van der Waals surface area contributed by atoms with E-state index in [4.69, 9.17) is 0 Å². The van der Waals surface area contributed by atoms with Crippen molar-refractivity contribution < 1.29 is 9.90 Å². The largest absolute Gasteiger partial charge is 0.391 e. The van der Waals surface area contributed by atoms with Crippen molar-refractivity contribution in [2.75, 3.05) is 26.2 Å². The van der Waals surface area contributed by atoms with Crippen molar-refractivity contribution in [2.45, 2.75) is 25.4 Å². The van der Waals surface area contributed by atoms with E-state index in [0.717, 1.165) is 38.9 Å². The SMILES string of the molecule is O=C(N1CCC1)N1CCCC(O)C1. The molecule has 0 aliphatic carbocycles. The number of carbonyl (C=O) groups is 1. The van der Waals surface area contributed by atoms with E-state index in [9.17, 15) is 9.90 Å². The number of piperidine rings is 1. The Labute approximate surface area is 78.1 Å². The van der Waals surface area contributed by atoms with E-state index in [0.29, 0.717) is 6.54 Å². The normalized spacial score (nSPS) is 28.5. The van der Waals surface area contributed by atoms with Gasteiger partial charge in [-0.2, -0.15) is 0 Å². The first kappa shape index (κ1) is 8.81. The molecule has 4 heteroatoms. The van der Waals surface area contributed by atoms with E-state index in [1.807, 2.05) is 4.90 Å². The highest BCUT2D eigenvalue weighted by atomic mass is 16.3. The molecule has 2 rings (SSSR count). The highest BCUT2D eigenvalue weighted by molar-refractivity contribution is 5.75. The molecule has 4 nitrogen and oxygen atoms in total. The number of likely N-dealkylation sites (tertiary alicyclic amines) is 2. The first-order valence-electron chi connectivity index (χ1n) is 4.99. The standard InChI is InChI=1S/C9H16N2O2/c12-8-3-1-4-11(7-8)9(13)10-5-2-6-10/h8,12H,1-7H2. The first-order valence-corrected chi connectivity index (χ1v) is 4.99. The Morgan fingerprint density at radius 1 is 1.15 bits per heavy atom. The lowest BCUT2D eigenvalue weighted by molar-refractivity contribution is 0.0626. The van der Waals surface area contributed by atoms with Crippen LogP contribution in [0, 0.1) is 0 Å². The van der Waals surface area contributed by atoms with E-state index in [-0.39, 0.29) is 12.1 Å². The van der Waals surface area contributed by atoms with Crippen molar-refractivity contribution in [3.63, 3.8) is 0 Å². The first-order chi connectivity index (χ1) is 6.27. The van der Waals surface area contributed by atoms with Gasteiger partial charge in [-0.25, -0.2) is 4.79 Å². The summed E-state index contributed by atoms with van der Waals surface area (Å²) in [4.78, 5) is 15.3. The number of urea groups is 1. The molecule has 0 saturated carbocycles. The van der Waals surface area contributed by atoms with Crippen LogP contribution in [0.25, 0.3) is 0 Å². The summed E-state index contributed by atoms with van der Waals surface area (Å²) >= 11 is 0. The number of nitrogens with zero attached hydrogens (tertiary/aromatic N) is 2. The highest BCUT2D eigenvalue weighted by Crippen LogP contribution is 2.15. The fraction of sp³-hybridized carbons (Fsp3) is 0.889. The van der Waals surface area contributed by atoms with E-state index in [2.05, 4.69) is 0 Å². The lowest BCUT2D eigenvalue weighted by Crippen LogP contribution is -2.53. The second kappa shape index (κ2) is 3.54. The molecular formula is C9H16N2O2. The number of aliphatic hydroxyl groups excluding tert-OH is 1. The van der Waals surface area contributed by atoms with Crippen LogP contribution in [0.3, 0.4) is 0 Å². The van der Waals surface area contributed by atoms with Gasteiger partial charge in [0, 0.05) is 26.2 Å². The summed E-state index contributed by atoms with van der Waals surface area (Å²) in [6.07, 6.45) is 2.59. The molecule has 0 aromatic heterocycles. The monoisotopic (exact) mass is 184 g/mol. The zero-order chi connectivity index (χ0) is 9.26. The molecule has 0 spiro atoms. The minimum atomic E-state index is -0.307.